The second kappa shape index (κ2) is 14.5. The van der Waals surface area contributed by atoms with E-state index in [1.165, 1.54) is 19.2 Å². The molecule has 2 aliphatic heterocycles. The number of rotatable bonds is 11. The number of hydrogen-bond acceptors (Lipinski definition) is 15. The number of aryl methyl sites for hydroxylation is 1. The van der Waals surface area contributed by atoms with Crippen LogP contribution in [0.25, 0.3) is 11.8 Å². The molecule has 7 atom stereocenters. The normalized spacial score (nSPS) is 29.7. The van der Waals surface area contributed by atoms with E-state index in [4.69, 9.17) is 14.2 Å². The number of fused-ring (bicyclic) bond motifs is 1. The number of carboxylic acids is 1. The van der Waals surface area contributed by atoms with Gasteiger partial charge < -0.3 is 60.2 Å². The number of phenols is 4. The zero-order valence-electron chi connectivity index (χ0n) is 30.1. The van der Waals surface area contributed by atoms with Gasteiger partial charge in [0.15, 0.2) is 46.0 Å². The number of aliphatic carboxylic acids is 1. The summed E-state index contributed by atoms with van der Waals surface area (Å²) in [4.78, 5) is 41.3. The van der Waals surface area contributed by atoms with Gasteiger partial charge in [0.25, 0.3) is 0 Å². The third-order valence-electron chi connectivity index (χ3n) is 10.9. The summed E-state index contributed by atoms with van der Waals surface area (Å²) in [5.74, 6) is -11.1. The van der Waals surface area contributed by atoms with Crippen LogP contribution in [0.15, 0.2) is 84.7 Å². The number of carboxylic acid groups (broad SMARTS) is 1. The molecule has 2 aliphatic carbocycles. The number of aliphatic hydroxyl groups is 4. The Morgan fingerprint density at radius 3 is 2.20 bits per heavy atom. The molecule has 56 heavy (non-hydrogen) atoms. The summed E-state index contributed by atoms with van der Waals surface area (Å²) in [7, 11) is 1.28. The minimum Gasteiger partial charge on any atom is -0.509 e. The van der Waals surface area contributed by atoms with E-state index >= 15 is 0 Å². The number of aromatic hydroxyl groups is 4. The Labute approximate surface area is 319 Å². The Balaban J connectivity index is 1.58. The lowest BCUT2D eigenvalue weighted by molar-refractivity contribution is -0.387. The van der Waals surface area contributed by atoms with E-state index in [2.05, 4.69) is 5.32 Å². The van der Waals surface area contributed by atoms with Crippen molar-refractivity contribution in [1.82, 2.24) is 5.32 Å². The molecule has 0 amide bonds. The van der Waals surface area contributed by atoms with Crippen molar-refractivity contribution in [2.75, 3.05) is 13.7 Å². The number of carbonyl (C=O) groups excluding carboxylic acids is 2. The zero-order valence-corrected chi connectivity index (χ0v) is 30.1. The SMILES string of the molecule is CCc1cccc(C[C@@H]2[C@@H](OC(=O)/C=C(\O)c3ccc(O)c(O)c3)[C@@]3(OC(=O)/C=C/c4ccc(O)c(O)c4)[C@@]4(C[C@]2(O)C(=O)O)OC[C@H](C=C4O)[C@@]3(O)NC)c1. The van der Waals surface area contributed by atoms with Crippen LogP contribution in [0.2, 0.25) is 0 Å². The number of hydrogen-bond donors (Lipinski definition) is 10. The average Bonchev–Trinajstić information content (AvgIpc) is 3.16. The predicted molar refractivity (Wildman–Crippen MR) is 195 cm³/mol. The van der Waals surface area contributed by atoms with Gasteiger partial charge in [-0.1, -0.05) is 37.3 Å². The number of esters is 2. The molecule has 1 saturated heterocycles. The second-order valence-electron chi connectivity index (χ2n) is 14.0. The smallest absolute Gasteiger partial charge is 0.336 e. The highest BCUT2D eigenvalue weighted by molar-refractivity contribution is 5.91. The van der Waals surface area contributed by atoms with Gasteiger partial charge in [0.05, 0.1) is 18.6 Å². The molecule has 4 aliphatic rings. The lowest BCUT2D eigenvalue weighted by Gasteiger charge is -2.69. The summed E-state index contributed by atoms with van der Waals surface area (Å²) in [5, 5.41) is 101. The Morgan fingerprint density at radius 2 is 1.57 bits per heavy atom. The second-order valence-corrected chi connectivity index (χ2v) is 14.0. The zero-order chi connectivity index (χ0) is 40.8. The summed E-state index contributed by atoms with van der Waals surface area (Å²) < 4.78 is 18.3. The van der Waals surface area contributed by atoms with E-state index in [0.717, 1.165) is 48.0 Å². The Bertz CT molecular complexity index is 2160. The number of benzene rings is 3. The molecule has 0 unspecified atom stereocenters. The van der Waals surface area contributed by atoms with E-state index < -0.39 is 106 Å². The van der Waals surface area contributed by atoms with E-state index in [0.29, 0.717) is 18.1 Å². The van der Waals surface area contributed by atoms with Crippen molar-refractivity contribution in [1.29, 1.82) is 0 Å². The minimum atomic E-state index is -2.93. The molecular weight excluding hydrogens is 734 g/mol. The summed E-state index contributed by atoms with van der Waals surface area (Å²) in [5.41, 5.74) is -9.55. The van der Waals surface area contributed by atoms with Crippen LogP contribution in [-0.2, 0) is 41.4 Å². The van der Waals surface area contributed by atoms with Crippen molar-refractivity contribution in [2.45, 2.75) is 54.8 Å². The van der Waals surface area contributed by atoms with Gasteiger partial charge in [-0.25, -0.2) is 14.4 Å². The van der Waals surface area contributed by atoms with Crippen LogP contribution in [0.1, 0.15) is 35.6 Å². The van der Waals surface area contributed by atoms with Gasteiger partial charge in [0.2, 0.25) is 5.60 Å². The van der Waals surface area contributed by atoms with Crippen molar-refractivity contribution in [2.24, 2.45) is 11.8 Å². The van der Waals surface area contributed by atoms with Crippen molar-refractivity contribution < 1.29 is 74.6 Å². The number of likely N-dealkylation sites (N-methyl/N-ethyl adjacent to an activating group) is 1. The summed E-state index contributed by atoms with van der Waals surface area (Å²) in [6, 6.07) is 13.7. The fourth-order valence-electron chi connectivity index (χ4n) is 8.10. The van der Waals surface area contributed by atoms with Crippen LogP contribution < -0.4 is 5.32 Å². The topological polar surface area (TPSA) is 273 Å². The molecule has 3 aromatic carbocycles. The first kappa shape index (κ1) is 39.6. The van der Waals surface area contributed by atoms with Crippen LogP contribution in [0.4, 0.5) is 0 Å². The molecular formula is C40H41NO15. The fourth-order valence-corrected chi connectivity index (χ4v) is 8.10. The van der Waals surface area contributed by atoms with Gasteiger partial charge in [0.1, 0.15) is 11.5 Å². The number of aliphatic hydroxyl groups excluding tert-OH is 2. The third kappa shape index (κ3) is 6.35. The van der Waals surface area contributed by atoms with Gasteiger partial charge in [-0.05, 0) is 79.1 Å². The van der Waals surface area contributed by atoms with Gasteiger partial charge >= 0.3 is 17.9 Å². The lowest BCUT2D eigenvalue weighted by Crippen LogP contribution is -2.90. The van der Waals surface area contributed by atoms with Gasteiger partial charge in [-0.15, -0.1) is 0 Å². The Kier molecular flexibility index (Phi) is 10.3. The van der Waals surface area contributed by atoms with E-state index in [1.807, 2.05) is 13.0 Å². The van der Waals surface area contributed by atoms with Crippen molar-refractivity contribution in [3.8, 4) is 23.0 Å². The highest BCUT2D eigenvalue weighted by atomic mass is 16.6. The molecule has 3 aromatic rings. The molecule has 2 heterocycles. The van der Waals surface area contributed by atoms with Crippen molar-refractivity contribution in [3.63, 3.8) is 0 Å². The Hall–Kier alpha value is -6.07. The molecule has 16 nitrogen and oxygen atoms in total. The molecule has 1 saturated carbocycles. The highest BCUT2D eigenvalue weighted by Crippen LogP contribution is 2.64. The first-order valence-corrected chi connectivity index (χ1v) is 17.5. The predicted octanol–water partition coefficient (Wildman–Crippen LogP) is 2.70. The summed E-state index contributed by atoms with van der Waals surface area (Å²) in [6.45, 7) is 1.49. The number of ether oxygens (including phenoxy) is 3. The van der Waals surface area contributed by atoms with E-state index in [1.54, 1.807) is 18.2 Å². The first-order chi connectivity index (χ1) is 26.4. The first-order valence-electron chi connectivity index (χ1n) is 17.5. The quantitative estimate of drug-likeness (QED) is 0.0441. The van der Waals surface area contributed by atoms with Gasteiger partial charge in [0, 0.05) is 24.0 Å². The van der Waals surface area contributed by atoms with Gasteiger partial charge in [-0.3, -0.25) is 5.32 Å². The third-order valence-corrected chi connectivity index (χ3v) is 10.9. The molecule has 0 aromatic heterocycles. The van der Waals surface area contributed by atoms with Crippen LogP contribution >= 0.6 is 0 Å². The summed E-state index contributed by atoms with van der Waals surface area (Å²) in [6.07, 6.45) is 0.716. The van der Waals surface area contributed by atoms with Crippen LogP contribution in [-0.4, -0.2) is 106 Å². The van der Waals surface area contributed by atoms with Crippen LogP contribution in [0.5, 0.6) is 23.0 Å². The minimum absolute atomic E-state index is 0.161. The maximum Gasteiger partial charge on any atom is 0.336 e. The highest BCUT2D eigenvalue weighted by Gasteiger charge is 2.85. The number of phenolic OH excluding ortho intramolecular Hbond substituents is 4. The number of nitrogens with one attached hydrogen (secondary N) is 1. The van der Waals surface area contributed by atoms with Crippen LogP contribution in [0.3, 0.4) is 0 Å². The number of carbonyl (C=O) groups is 3. The molecule has 2 bridgehead atoms. The molecule has 7 rings (SSSR count). The fraction of sp³-hybridized carbons (Fsp3) is 0.325. The van der Waals surface area contributed by atoms with Gasteiger partial charge in [-0.2, -0.15) is 0 Å². The molecule has 1 spiro atoms. The molecule has 10 N–H and O–H groups in total. The maximum atomic E-state index is 14.0. The van der Waals surface area contributed by atoms with Crippen molar-refractivity contribution in [3.05, 3.63) is 107 Å². The molecule has 296 valence electrons. The molecule has 2 fully saturated rings. The largest absolute Gasteiger partial charge is 0.509 e. The summed E-state index contributed by atoms with van der Waals surface area (Å²) >= 11 is 0. The van der Waals surface area contributed by atoms with Crippen molar-refractivity contribution >= 4 is 29.7 Å². The lowest BCUT2D eigenvalue weighted by atomic mass is 9.49. The monoisotopic (exact) mass is 775 g/mol. The molecule has 0 radical (unpaired) electrons. The maximum absolute atomic E-state index is 14.0. The van der Waals surface area contributed by atoms with Crippen LogP contribution in [0, 0.1) is 11.8 Å². The van der Waals surface area contributed by atoms with E-state index in [-0.39, 0.29) is 17.5 Å². The standard InChI is InChI=1S/C40H41NO15/c1-3-21-5-4-6-23(13-21)14-26-35(55-34(49)18-29(44)24-9-11-28(43)31(46)16-24)39(56-33(48)12-8-22-7-10-27(42)30(45)15-22)38(20-37(26,52)36(50)51)32(47)17-25(19-54-38)40(39,53)41-2/h4-13,15-18,25-26,35,41-47,52-53H,3,14,19-20H2,1-2H3,(H,50,51)/b12-8+,29-18-/t25-,26+,35+,37+,38-,39+,40-/m0/s1. The molecule has 16 heteroatoms. The average molecular weight is 776 g/mol. The Morgan fingerprint density at radius 1 is 0.893 bits per heavy atom. The van der Waals surface area contributed by atoms with E-state index in [9.17, 15) is 60.3 Å².